The number of aliphatic hydroxyl groups is 1. The molecule has 1 fully saturated rings. The van der Waals surface area contributed by atoms with E-state index in [1.807, 2.05) is 6.07 Å². The number of Topliss-reactive ketones (excluding diaryl/α,β-unsaturated/α-hetero) is 1. The monoisotopic (exact) mass is 515 g/mol. The quantitative estimate of drug-likeness (QED) is 0.143. The number of fused-ring (bicyclic) bond motifs is 1. The number of hydrogen-bond donors (Lipinski definition) is 1. The zero-order valence-electron chi connectivity index (χ0n) is 20.4. The molecule has 1 unspecified atom stereocenters. The molecule has 8 nitrogen and oxygen atoms in total. The van der Waals surface area contributed by atoms with Crippen LogP contribution in [0.2, 0.25) is 0 Å². The number of rotatable bonds is 8. The largest absolute Gasteiger partial charge is 0.507 e. The van der Waals surface area contributed by atoms with Crippen molar-refractivity contribution in [3.05, 3.63) is 83.7 Å². The molecule has 1 aliphatic rings. The van der Waals surface area contributed by atoms with Crippen LogP contribution in [0.4, 0.5) is 5.13 Å². The van der Waals surface area contributed by atoms with E-state index in [-0.39, 0.29) is 11.3 Å². The number of carbonyl (C=O) groups is 2. The molecule has 0 spiro atoms. The number of pyridine rings is 1. The zero-order chi connectivity index (χ0) is 25.9. The predicted octanol–water partition coefficient (Wildman–Crippen LogP) is 5.51. The summed E-state index contributed by atoms with van der Waals surface area (Å²) in [6.07, 6.45) is 5.00. The highest BCUT2D eigenvalue weighted by Gasteiger charge is 2.48. The average molecular weight is 516 g/mol. The Labute approximate surface area is 217 Å². The summed E-state index contributed by atoms with van der Waals surface area (Å²) < 4.78 is 11.9. The summed E-state index contributed by atoms with van der Waals surface area (Å²) in [6, 6.07) is 15.0. The highest BCUT2D eigenvalue weighted by molar-refractivity contribution is 7.22. The molecule has 1 atom stereocenters. The fraction of sp³-hybridized carbons (Fsp3) is 0.214. The summed E-state index contributed by atoms with van der Waals surface area (Å²) >= 11 is 1.28. The van der Waals surface area contributed by atoms with Crippen LogP contribution in [0.1, 0.15) is 36.9 Å². The lowest BCUT2D eigenvalue weighted by atomic mass is 9.95. The van der Waals surface area contributed by atoms with Gasteiger partial charge >= 0.3 is 5.91 Å². The van der Waals surface area contributed by atoms with Crippen LogP contribution in [0.25, 0.3) is 16.0 Å². The molecule has 2 aromatic heterocycles. The average Bonchev–Trinajstić information content (AvgIpc) is 3.46. The third kappa shape index (κ3) is 4.65. The van der Waals surface area contributed by atoms with Crippen LogP contribution in [-0.2, 0) is 9.59 Å². The number of ether oxygens (including phenoxy) is 2. The number of nitrogens with zero attached hydrogens (tertiary/aromatic N) is 3. The van der Waals surface area contributed by atoms with Crippen molar-refractivity contribution < 1.29 is 24.2 Å². The Morgan fingerprint density at radius 3 is 2.49 bits per heavy atom. The molecule has 0 saturated carbocycles. The molecule has 0 bridgehead atoms. The van der Waals surface area contributed by atoms with E-state index in [2.05, 4.69) is 16.9 Å². The predicted molar refractivity (Wildman–Crippen MR) is 142 cm³/mol. The van der Waals surface area contributed by atoms with Gasteiger partial charge in [0.25, 0.3) is 5.78 Å². The summed E-state index contributed by atoms with van der Waals surface area (Å²) in [6.45, 7) is 2.70. The fourth-order valence-electron chi connectivity index (χ4n) is 4.21. The van der Waals surface area contributed by atoms with Crippen molar-refractivity contribution in [3.63, 3.8) is 0 Å². The first-order valence-electron chi connectivity index (χ1n) is 11.9. The van der Waals surface area contributed by atoms with Gasteiger partial charge in [0.1, 0.15) is 17.3 Å². The summed E-state index contributed by atoms with van der Waals surface area (Å²) in [5.74, 6) is -0.443. The fourth-order valence-corrected chi connectivity index (χ4v) is 5.23. The zero-order valence-corrected chi connectivity index (χ0v) is 21.2. The Balaban J connectivity index is 1.63. The first-order chi connectivity index (χ1) is 18.0. The van der Waals surface area contributed by atoms with Crippen LogP contribution < -0.4 is 14.4 Å². The number of amides is 1. The number of aromatic nitrogens is 2. The standard InChI is InChI=1S/C28H25N3O5S/c1-3-4-15-36-19-7-5-17(6-8-19)24-23(25(32)18-11-13-29-14-12-18)26(33)27(34)31(24)28-30-21-10-9-20(35-2)16-22(21)37-28/h5-14,16,24,32H,3-4,15H2,1-2H3. The minimum atomic E-state index is -0.875. The van der Waals surface area contributed by atoms with Gasteiger partial charge in [0.05, 0.1) is 35.5 Å². The van der Waals surface area contributed by atoms with E-state index in [0.717, 1.165) is 17.5 Å². The maximum atomic E-state index is 13.4. The molecular weight excluding hydrogens is 490 g/mol. The Kier molecular flexibility index (Phi) is 6.87. The third-order valence-electron chi connectivity index (χ3n) is 6.15. The lowest BCUT2D eigenvalue weighted by Crippen LogP contribution is -2.29. The number of thiazole rings is 1. The van der Waals surface area contributed by atoms with Crippen LogP contribution in [-0.4, -0.2) is 40.5 Å². The number of ketones is 1. The molecule has 0 aliphatic carbocycles. The lowest BCUT2D eigenvalue weighted by Gasteiger charge is -2.23. The summed E-state index contributed by atoms with van der Waals surface area (Å²) in [7, 11) is 1.58. The molecule has 188 valence electrons. The first kappa shape index (κ1) is 24.5. The van der Waals surface area contributed by atoms with Crippen LogP contribution in [0.3, 0.4) is 0 Å². The van der Waals surface area contributed by atoms with Crippen LogP contribution in [0.5, 0.6) is 11.5 Å². The molecule has 37 heavy (non-hydrogen) atoms. The number of aliphatic hydroxyl groups excluding tert-OH is 1. The molecule has 1 amide bonds. The van der Waals surface area contributed by atoms with Gasteiger partial charge in [0.15, 0.2) is 5.13 Å². The van der Waals surface area contributed by atoms with Crippen molar-refractivity contribution in [3.8, 4) is 11.5 Å². The molecule has 9 heteroatoms. The number of carbonyl (C=O) groups excluding carboxylic acids is 2. The summed E-state index contributed by atoms with van der Waals surface area (Å²) in [5.41, 5.74) is 1.71. The van der Waals surface area contributed by atoms with Crippen molar-refractivity contribution in [1.82, 2.24) is 9.97 Å². The van der Waals surface area contributed by atoms with Gasteiger partial charge in [-0.3, -0.25) is 19.5 Å². The van der Waals surface area contributed by atoms with Gasteiger partial charge in [-0.05, 0) is 54.4 Å². The van der Waals surface area contributed by atoms with Crippen molar-refractivity contribution in [1.29, 1.82) is 0 Å². The second kappa shape index (κ2) is 10.4. The van der Waals surface area contributed by atoms with E-state index in [1.165, 1.54) is 28.6 Å². The Hall–Kier alpha value is -4.24. The smallest absolute Gasteiger partial charge is 0.301 e. The van der Waals surface area contributed by atoms with Gasteiger partial charge in [-0.15, -0.1) is 0 Å². The molecule has 1 saturated heterocycles. The lowest BCUT2D eigenvalue weighted by molar-refractivity contribution is -0.132. The van der Waals surface area contributed by atoms with Gasteiger partial charge < -0.3 is 14.6 Å². The molecule has 4 aromatic rings. The second-order valence-electron chi connectivity index (χ2n) is 8.51. The van der Waals surface area contributed by atoms with E-state index in [4.69, 9.17) is 9.47 Å². The molecular formula is C28H25N3O5S. The van der Waals surface area contributed by atoms with Crippen molar-refractivity contribution in [2.75, 3.05) is 18.6 Å². The SMILES string of the molecule is CCCCOc1ccc(C2C(=C(O)c3ccncc3)C(=O)C(=O)N2c2nc3ccc(OC)cc3s2)cc1. The van der Waals surface area contributed by atoms with Gasteiger partial charge in [0, 0.05) is 18.0 Å². The maximum absolute atomic E-state index is 13.4. The van der Waals surface area contributed by atoms with Crippen LogP contribution in [0, 0.1) is 0 Å². The Morgan fingerprint density at radius 2 is 1.78 bits per heavy atom. The number of unbranched alkanes of at least 4 members (excludes halogenated alkanes) is 1. The van der Waals surface area contributed by atoms with E-state index in [1.54, 1.807) is 55.6 Å². The molecule has 1 N–H and O–H groups in total. The number of anilines is 1. The van der Waals surface area contributed by atoms with Gasteiger partial charge in [0.2, 0.25) is 0 Å². The van der Waals surface area contributed by atoms with E-state index in [0.29, 0.717) is 39.9 Å². The molecule has 3 heterocycles. The topological polar surface area (TPSA) is 102 Å². The summed E-state index contributed by atoms with van der Waals surface area (Å²) in [4.78, 5) is 36.7. The molecule has 0 radical (unpaired) electrons. The van der Waals surface area contributed by atoms with Gasteiger partial charge in [-0.2, -0.15) is 0 Å². The van der Waals surface area contributed by atoms with Crippen molar-refractivity contribution in [2.24, 2.45) is 0 Å². The Morgan fingerprint density at radius 1 is 1.05 bits per heavy atom. The highest BCUT2D eigenvalue weighted by atomic mass is 32.1. The number of hydrogen-bond acceptors (Lipinski definition) is 8. The number of benzene rings is 2. The minimum absolute atomic E-state index is 0.00677. The van der Waals surface area contributed by atoms with E-state index < -0.39 is 17.7 Å². The Bertz CT molecular complexity index is 1480. The molecule has 1 aliphatic heterocycles. The first-order valence-corrected chi connectivity index (χ1v) is 12.7. The van der Waals surface area contributed by atoms with Gasteiger partial charge in [-0.25, -0.2) is 4.98 Å². The highest BCUT2D eigenvalue weighted by Crippen LogP contribution is 2.44. The number of methoxy groups -OCH3 is 1. The van der Waals surface area contributed by atoms with Crippen molar-refractivity contribution in [2.45, 2.75) is 25.8 Å². The normalized spacial score (nSPS) is 16.9. The third-order valence-corrected chi connectivity index (χ3v) is 7.17. The summed E-state index contributed by atoms with van der Waals surface area (Å²) in [5, 5.41) is 11.6. The van der Waals surface area contributed by atoms with E-state index in [9.17, 15) is 14.7 Å². The molecule has 2 aromatic carbocycles. The maximum Gasteiger partial charge on any atom is 0.301 e. The molecule has 5 rings (SSSR count). The second-order valence-corrected chi connectivity index (χ2v) is 9.52. The van der Waals surface area contributed by atoms with Crippen molar-refractivity contribution >= 4 is 44.1 Å². The minimum Gasteiger partial charge on any atom is -0.507 e. The van der Waals surface area contributed by atoms with Crippen LogP contribution >= 0.6 is 11.3 Å². The van der Waals surface area contributed by atoms with Gasteiger partial charge in [-0.1, -0.05) is 36.8 Å². The van der Waals surface area contributed by atoms with E-state index >= 15 is 0 Å². The van der Waals surface area contributed by atoms with Crippen LogP contribution in [0.15, 0.2) is 72.6 Å².